The van der Waals surface area contributed by atoms with Crippen LogP contribution >= 0.6 is 11.6 Å². The fourth-order valence-corrected chi connectivity index (χ4v) is 2.09. The maximum Gasteiger partial charge on any atom is 0.220 e. The van der Waals surface area contributed by atoms with Crippen LogP contribution in [-0.2, 0) is 4.79 Å². The van der Waals surface area contributed by atoms with Crippen LogP contribution in [0.2, 0.25) is 5.02 Å². The van der Waals surface area contributed by atoms with Crippen molar-refractivity contribution in [3.63, 3.8) is 0 Å². The zero-order chi connectivity index (χ0) is 9.97. The number of benzene rings is 1. The lowest BCUT2D eigenvalue weighted by Gasteiger charge is -2.23. The Bertz CT molecular complexity index is 341. The van der Waals surface area contributed by atoms with E-state index < -0.39 is 0 Å². The van der Waals surface area contributed by atoms with Gasteiger partial charge >= 0.3 is 0 Å². The lowest BCUT2D eigenvalue weighted by Crippen LogP contribution is -2.33. The van der Waals surface area contributed by atoms with Crippen molar-refractivity contribution in [3.8, 4) is 0 Å². The zero-order valence-corrected chi connectivity index (χ0v) is 8.55. The van der Waals surface area contributed by atoms with Gasteiger partial charge < -0.3 is 5.32 Å². The van der Waals surface area contributed by atoms with E-state index in [1.807, 2.05) is 24.3 Å². The summed E-state index contributed by atoms with van der Waals surface area (Å²) in [6, 6.07) is 7.84. The highest BCUT2D eigenvalue weighted by atomic mass is 35.5. The van der Waals surface area contributed by atoms with Crippen molar-refractivity contribution in [2.45, 2.75) is 18.8 Å². The van der Waals surface area contributed by atoms with Gasteiger partial charge in [-0.2, -0.15) is 0 Å². The van der Waals surface area contributed by atoms with Crippen molar-refractivity contribution in [1.82, 2.24) is 5.32 Å². The maximum atomic E-state index is 11.0. The molecule has 1 N–H and O–H groups in total. The number of hydrogen-bond acceptors (Lipinski definition) is 1. The smallest absolute Gasteiger partial charge is 0.220 e. The highest BCUT2D eigenvalue weighted by Gasteiger charge is 2.20. The van der Waals surface area contributed by atoms with Crippen LogP contribution < -0.4 is 5.32 Å². The van der Waals surface area contributed by atoms with Crippen LogP contribution in [0.25, 0.3) is 0 Å². The third-order valence-corrected chi connectivity index (χ3v) is 2.95. The molecule has 1 amide bonds. The first-order chi connectivity index (χ1) is 6.77. The van der Waals surface area contributed by atoms with Crippen molar-refractivity contribution in [2.24, 2.45) is 0 Å². The summed E-state index contributed by atoms with van der Waals surface area (Å²) in [7, 11) is 0. The molecule has 0 saturated carbocycles. The molecule has 2 rings (SSSR count). The summed E-state index contributed by atoms with van der Waals surface area (Å²) in [5.41, 5.74) is 1.15. The number of carbonyl (C=O) groups is 1. The topological polar surface area (TPSA) is 29.1 Å². The third kappa shape index (κ3) is 1.90. The Hall–Kier alpha value is -1.02. The van der Waals surface area contributed by atoms with Gasteiger partial charge in [0.25, 0.3) is 0 Å². The molecule has 74 valence electrons. The van der Waals surface area contributed by atoms with E-state index in [0.29, 0.717) is 18.9 Å². The molecule has 0 bridgehead atoms. The minimum Gasteiger partial charge on any atom is -0.355 e. The van der Waals surface area contributed by atoms with E-state index in [4.69, 9.17) is 11.6 Å². The van der Waals surface area contributed by atoms with Crippen LogP contribution in [0.15, 0.2) is 24.3 Å². The number of nitrogens with one attached hydrogen (secondary N) is 1. The average Bonchev–Trinajstić information content (AvgIpc) is 2.20. The van der Waals surface area contributed by atoms with Gasteiger partial charge in [0, 0.05) is 23.9 Å². The molecule has 1 aromatic rings. The van der Waals surface area contributed by atoms with Crippen LogP contribution in [0, 0.1) is 0 Å². The third-order valence-electron chi connectivity index (χ3n) is 2.61. The average molecular weight is 210 g/mol. The molecule has 1 aliphatic rings. The van der Waals surface area contributed by atoms with Gasteiger partial charge in [0.1, 0.15) is 0 Å². The normalized spacial score (nSPS) is 21.8. The summed E-state index contributed by atoms with van der Waals surface area (Å²) in [4.78, 5) is 11.0. The first-order valence-electron chi connectivity index (χ1n) is 4.78. The largest absolute Gasteiger partial charge is 0.355 e. The Balaban J connectivity index is 2.16. The van der Waals surface area contributed by atoms with Crippen LogP contribution in [0.4, 0.5) is 0 Å². The molecule has 0 spiro atoms. The van der Waals surface area contributed by atoms with E-state index >= 15 is 0 Å². The molecule has 3 heteroatoms. The Kier molecular flexibility index (Phi) is 2.73. The van der Waals surface area contributed by atoms with Gasteiger partial charge in [0.05, 0.1) is 0 Å². The summed E-state index contributed by atoms with van der Waals surface area (Å²) >= 11 is 6.08. The molecule has 0 aliphatic carbocycles. The second-order valence-corrected chi connectivity index (χ2v) is 3.97. The number of carbonyl (C=O) groups excluding carboxylic acids is 1. The zero-order valence-electron chi connectivity index (χ0n) is 7.79. The molecule has 1 saturated heterocycles. The van der Waals surface area contributed by atoms with Crippen molar-refractivity contribution >= 4 is 17.5 Å². The Morgan fingerprint density at radius 1 is 1.36 bits per heavy atom. The molecule has 1 aliphatic heterocycles. The van der Waals surface area contributed by atoms with E-state index in [0.717, 1.165) is 17.0 Å². The van der Waals surface area contributed by atoms with Gasteiger partial charge in [-0.3, -0.25) is 4.79 Å². The summed E-state index contributed by atoms with van der Waals surface area (Å²) in [5, 5.41) is 3.66. The number of amides is 1. The molecule has 2 nitrogen and oxygen atoms in total. The summed E-state index contributed by atoms with van der Waals surface area (Å²) in [6.07, 6.45) is 1.51. The predicted octanol–water partition coefficient (Wildman–Crippen LogP) is 2.33. The minimum atomic E-state index is 0.147. The van der Waals surface area contributed by atoms with E-state index in [1.54, 1.807) is 0 Å². The van der Waals surface area contributed by atoms with E-state index in [-0.39, 0.29) is 5.91 Å². The number of rotatable bonds is 1. The van der Waals surface area contributed by atoms with Crippen molar-refractivity contribution in [3.05, 3.63) is 34.9 Å². The lowest BCUT2D eigenvalue weighted by molar-refractivity contribution is -0.122. The van der Waals surface area contributed by atoms with Gasteiger partial charge in [0.15, 0.2) is 0 Å². The molecule has 0 radical (unpaired) electrons. The van der Waals surface area contributed by atoms with Gasteiger partial charge in [-0.25, -0.2) is 0 Å². The van der Waals surface area contributed by atoms with Gasteiger partial charge in [-0.15, -0.1) is 0 Å². The predicted molar refractivity (Wildman–Crippen MR) is 56.4 cm³/mol. The number of piperidine rings is 1. The lowest BCUT2D eigenvalue weighted by atomic mass is 9.91. The molecule has 0 aromatic heterocycles. The molecule has 1 fully saturated rings. The van der Waals surface area contributed by atoms with Gasteiger partial charge in [-0.1, -0.05) is 29.8 Å². The van der Waals surface area contributed by atoms with Crippen molar-refractivity contribution in [1.29, 1.82) is 0 Å². The van der Waals surface area contributed by atoms with Gasteiger partial charge in [0.2, 0.25) is 5.91 Å². The standard InChI is InChI=1S/C11H12ClNO/c12-10-4-2-1-3-9(10)8-5-6-11(14)13-7-8/h1-4,8H,5-7H2,(H,13,14). The van der Waals surface area contributed by atoms with Crippen molar-refractivity contribution < 1.29 is 4.79 Å². The van der Waals surface area contributed by atoms with Crippen LogP contribution in [0.5, 0.6) is 0 Å². The van der Waals surface area contributed by atoms with E-state index in [2.05, 4.69) is 5.32 Å². The summed E-state index contributed by atoms with van der Waals surface area (Å²) in [5.74, 6) is 0.523. The fourth-order valence-electron chi connectivity index (χ4n) is 1.80. The summed E-state index contributed by atoms with van der Waals surface area (Å²) in [6.45, 7) is 0.711. The Morgan fingerprint density at radius 3 is 2.79 bits per heavy atom. The van der Waals surface area contributed by atoms with Crippen LogP contribution in [-0.4, -0.2) is 12.5 Å². The summed E-state index contributed by atoms with van der Waals surface area (Å²) < 4.78 is 0. The molecule has 1 aromatic carbocycles. The molecule has 1 unspecified atom stereocenters. The minimum absolute atomic E-state index is 0.147. The first kappa shape index (κ1) is 9.53. The highest BCUT2D eigenvalue weighted by molar-refractivity contribution is 6.31. The molecular weight excluding hydrogens is 198 g/mol. The number of halogens is 1. The second kappa shape index (κ2) is 4.01. The van der Waals surface area contributed by atoms with Gasteiger partial charge in [-0.05, 0) is 18.1 Å². The van der Waals surface area contributed by atoms with Crippen LogP contribution in [0.3, 0.4) is 0 Å². The quantitative estimate of drug-likeness (QED) is 0.756. The molecule has 1 heterocycles. The highest BCUT2D eigenvalue weighted by Crippen LogP contribution is 2.29. The monoisotopic (exact) mass is 209 g/mol. The first-order valence-corrected chi connectivity index (χ1v) is 5.16. The second-order valence-electron chi connectivity index (χ2n) is 3.56. The molecular formula is C11H12ClNO. The Labute approximate surface area is 88.3 Å². The van der Waals surface area contributed by atoms with E-state index in [9.17, 15) is 4.79 Å². The molecule has 14 heavy (non-hydrogen) atoms. The Morgan fingerprint density at radius 2 is 2.14 bits per heavy atom. The van der Waals surface area contributed by atoms with Crippen molar-refractivity contribution in [2.75, 3.05) is 6.54 Å². The van der Waals surface area contributed by atoms with E-state index in [1.165, 1.54) is 0 Å². The maximum absolute atomic E-state index is 11.0. The number of hydrogen-bond donors (Lipinski definition) is 1. The SMILES string of the molecule is O=C1CCC(c2ccccc2Cl)CN1. The fraction of sp³-hybridized carbons (Fsp3) is 0.364. The van der Waals surface area contributed by atoms with Crippen LogP contribution in [0.1, 0.15) is 24.3 Å². The molecule has 1 atom stereocenters.